The van der Waals surface area contributed by atoms with Crippen LogP contribution in [0.2, 0.25) is 0 Å². The molecule has 29 rings (SSSR count). The zero-order chi connectivity index (χ0) is 97.2. The van der Waals surface area contributed by atoms with Gasteiger partial charge in [-0.15, -0.1) is 0 Å². The molecule has 0 aliphatic carbocycles. The van der Waals surface area contributed by atoms with Crippen molar-refractivity contribution in [1.29, 1.82) is 0 Å². The normalized spacial score (nSPS) is 11.5. The van der Waals surface area contributed by atoms with Crippen molar-refractivity contribution in [2.75, 3.05) is 0 Å². The van der Waals surface area contributed by atoms with Crippen LogP contribution >= 0.6 is 0 Å². The molecule has 0 spiro atoms. The summed E-state index contributed by atoms with van der Waals surface area (Å²) in [4.78, 5) is 19.0. The number of nitrogens with zero attached hydrogens (tertiary/aromatic N) is 7. The number of para-hydroxylation sites is 2. The Kier molecular flexibility index (Phi) is 21.8. The fourth-order valence-electron chi connectivity index (χ4n) is 22.7. The van der Waals surface area contributed by atoms with E-state index in [0.717, 1.165) is 72.2 Å². The first-order chi connectivity index (χ1) is 73.0. The Morgan fingerprint density at radius 2 is 0.299 bits per heavy atom. The van der Waals surface area contributed by atoms with Gasteiger partial charge < -0.3 is 0 Å². The van der Waals surface area contributed by atoms with E-state index in [0.29, 0.717) is 0 Å². The van der Waals surface area contributed by atoms with E-state index >= 15 is 0 Å². The van der Waals surface area contributed by atoms with Crippen molar-refractivity contribution >= 4 is 130 Å². The topological polar surface area (TPSA) is 66.3 Å². The Hall–Kier alpha value is -19.6. The Morgan fingerprint density at radius 3 is 0.558 bits per heavy atom. The Balaban J connectivity index is 0.000000109. The summed E-state index contributed by atoms with van der Waals surface area (Å²) in [5.74, 6) is 0.864. The van der Waals surface area contributed by atoms with E-state index in [1.807, 2.05) is 61.2 Å². The molecule has 7 heterocycles. The Bertz CT molecular complexity index is 9520. The van der Waals surface area contributed by atoms with Gasteiger partial charge in [0, 0.05) is 68.5 Å². The van der Waals surface area contributed by atoms with Gasteiger partial charge in [0.1, 0.15) is 22.8 Å². The Labute approximate surface area is 850 Å². The second-order valence-electron chi connectivity index (χ2n) is 37.7. The zero-order valence-electron chi connectivity index (χ0n) is 80.2. The summed E-state index contributed by atoms with van der Waals surface area (Å²) in [5.41, 5.74) is 35.5. The van der Waals surface area contributed by atoms with E-state index in [1.54, 1.807) is 0 Å². The molecule has 7 heteroatoms. The standard InChI is InChI=1S/C49H32N2.C48H31N3.C43H28N2/c1-3-12-33(13-4-1)34-21-25-36(26-22-34)47-40-16-7-9-18-42(40)48(43-19-10-8-17-41(43)47)37-27-23-35(24-28-37)38-29-30-46-45(32-38)44-20-11-31-50-49(44)51(46)39-14-5-2-6-15-39;1-2-11-32(12-3-1)33-19-23-35(24-20-33)46-38-13-4-6-15-40(38)47(41-16-7-5-14-39(41)46)36-25-21-34(22-26-36)37-27-28-44-43(31-37)42-17-10-30-50-48(42)51(44)45-18-8-9-29-49-45;1-3-12-30(13-4-1)41-34-16-7-9-18-36(34)42(37-19-10-8-17-35(37)41)31-23-21-29(22-24-31)32-25-26-40-39(28-32)38-20-11-27-44-43(38)45(40)33-14-5-2-6-15-33/h1-32H;1-31H;1-28H. The smallest absolute Gasteiger partial charge is 0.146 e. The summed E-state index contributed by atoms with van der Waals surface area (Å²) >= 11 is 0. The highest BCUT2D eigenvalue weighted by Crippen LogP contribution is 2.50. The van der Waals surface area contributed by atoms with Gasteiger partial charge in [-0.25, -0.2) is 19.9 Å². The van der Waals surface area contributed by atoms with Gasteiger partial charge in [-0.2, -0.15) is 0 Å². The number of hydrogen-bond donors (Lipinski definition) is 0. The van der Waals surface area contributed by atoms with E-state index in [2.05, 4.69) is 510 Å². The van der Waals surface area contributed by atoms with Gasteiger partial charge >= 0.3 is 0 Å². The van der Waals surface area contributed by atoms with Crippen LogP contribution in [-0.4, -0.2) is 33.6 Å². The Morgan fingerprint density at radius 1 is 0.116 bits per heavy atom. The minimum Gasteiger partial charge on any atom is -0.294 e. The molecule has 0 atom stereocenters. The molecule has 0 fully saturated rings. The SMILES string of the molecule is c1ccc(-c2c3ccccc3c(-c3ccc(-c4ccc5c(c4)c4cccnc4n5-c4ccccc4)cc3)c3ccccc23)cc1.c1ccc(-c2ccc(-c3c4ccccc4c(-c4ccc(-c5ccc6c(c5)c5cccnc5n6-c5ccccc5)cc4)c4ccccc34)cc2)cc1.c1ccc(-c2ccc(-c3c4ccccc4c(-c4ccc(-c5ccc6c(c5)c5cccnc5n6-c5ccccn5)cc4)c4ccccc34)cc2)cc1. The first kappa shape index (κ1) is 86.5. The van der Waals surface area contributed by atoms with Crippen LogP contribution in [0.3, 0.4) is 0 Å². The third-order valence-corrected chi connectivity index (χ3v) is 29.4. The number of hydrogen-bond acceptors (Lipinski definition) is 4. The van der Waals surface area contributed by atoms with Crippen molar-refractivity contribution in [1.82, 2.24) is 33.6 Å². The molecular weight excluding hydrogens is 1780 g/mol. The van der Waals surface area contributed by atoms with Crippen LogP contribution in [0.5, 0.6) is 0 Å². The van der Waals surface area contributed by atoms with Gasteiger partial charge in [-0.05, 0) is 296 Å². The maximum absolute atomic E-state index is 4.80. The molecule has 0 bridgehead atoms. The summed E-state index contributed by atoms with van der Waals surface area (Å²) in [7, 11) is 0. The summed E-state index contributed by atoms with van der Waals surface area (Å²) in [5, 5.41) is 22.1. The first-order valence-corrected chi connectivity index (χ1v) is 50.2. The molecule has 0 N–H and O–H groups in total. The van der Waals surface area contributed by atoms with Crippen LogP contribution in [0.25, 0.3) is 270 Å². The maximum atomic E-state index is 4.80. The summed E-state index contributed by atoms with van der Waals surface area (Å²) in [6.07, 6.45) is 7.43. The lowest BCUT2D eigenvalue weighted by atomic mass is 9.85. The molecule has 7 nitrogen and oxygen atoms in total. The predicted molar refractivity (Wildman–Crippen MR) is 618 cm³/mol. The molecule has 0 amide bonds. The summed E-state index contributed by atoms with van der Waals surface area (Å²) in [6, 6.07) is 190. The zero-order valence-corrected chi connectivity index (χ0v) is 80.2. The average molecular weight is 1870 g/mol. The molecule has 0 saturated heterocycles. The highest BCUT2D eigenvalue weighted by molar-refractivity contribution is 6.25. The third-order valence-electron chi connectivity index (χ3n) is 29.4. The number of pyridine rings is 4. The fraction of sp³-hybridized carbons (Fsp3) is 0. The lowest BCUT2D eigenvalue weighted by Gasteiger charge is -2.18. The average Bonchev–Trinajstić information content (AvgIpc) is 1.32. The molecule has 147 heavy (non-hydrogen) atoms. The van der Waals surface area contributed by atoms with Crippen LogP contribution in [-0.2, 0) is 0 Å². The number of rotatable bonds is 14. The van der Waals surface area contributed by atoms with Gasteiger partial charge in [0.25, 0.3) is 0 Å². The number of aromatic nitrogens is 7. The van der Waals surface area contributed by atoms with E-state index in [-0.39, 0.29) is 0 Å². The van der Waals surface area contributed by atoms with E-state index in [4.69, 9.17) is 15.0 Å². The van der Waals surface area contributed by atoms with Crippen LogP contribution in [0.1, 0.15) is 0 Å². The second-order valence-corrected chi connectivity index (χ2v) is 37.7. The van der Waals surface area contributed by atoms with Gasteiger partial charge in [-0.1, -0.05) is 419 Å². The molecule has 0 aliphatic rings. The van der Waals surface area contributed by atoms with Crippen LogP contribution < -0.4 is 0 Å². The highest BCUT2D eigenvalue weighted by atomic mass is 15.1. The minimum absolute atomic E-state index is 0.864. The molecule has 7 aromatic heterocycles. The molecule has 0 radical (unpaired) electrons. The van der Waals surface area contributed by atoms with Crippen LogP contribution in [0.4, 0.5) is 0 Å². The quantitative estimate of drug-likeness (QED) is 0.102. The molecule has 0 unspecified atom stereocenters. The fourth-order valence-corrected chi connectivity index (χ4v) is 22.7. The monoisotopic (exact) mass is 1870 g/mol. The second kappa shape index (κ2) is 37.1. The van der Waals surface area contributed by atoms with Crippen LogP contribution in [0.15, 0.2) is 553 Å². The predicted octanol–water partition coefficient (Wildman–Crippen LogP) is 37.2. The minimum atomic E-state index is 0.864. The van der Waals surface area contributed by atoms with Gasteiger partial charge in [0.15, 0.2) is 0 Å². The molecular formula is C140H91N7. The van der Waals surface area contributed by atoms with Gasteiger partial charge in [0.2, 0.25) is 0 Å². The number of fused-ring (bicyclic) bond motifs is 15. The van der Waals surface area contributed by atoms with E-state index in [1.165, 1.54) is 198 Å². The lowest BCUT2D eigenvalue weighted by Crippen LogP contribution is -1.97. The molecule has 0 aliphatic heterocycles. The molecule has 0 saturated carbocycles. The summed E-state index contributed by atoms with van der Waals surface area (Å²) < 4.78 is 6.66. The third kappa shape index (κ3) is 15.4. The van der Waals surface area contributed by atoms with Crippen molar-refractivity contribution in [2.45, 2.75) is 0 Å². The van der Waals surface area contributed by atoms with Crippen molar-refractivity contribution in [3.63, 3.8) is 0 Å². The largest absolute Gasteiger partial charge is 0.294 e. The molecule has 686 valence electrons. The molecule has 22 aromatic carbocycles. The van der Waals surface area contributed by atoms with Gasteiger partial charge in [0.05, 0.1) is 16.6 Å². The van der Waals surface area contributed by atoms with Gasteiger partial charge in [-0.3, -0.25) is 13.7 Å². The lowest BCUT2D eigenvalue weighted by molar-refractivity contribution is 1.06. The number of benzene rings is 22. The summed E-state index contributed by atoms with van der Waals surface area (Å²) in [6.45, 7) is 0. The van der Waals surface area contributed by atoms with Crippen molar-refractivity contribution in [3.8, 4) is 140 Å². The first-order valence-electron chi connectivity index (χ1n) is 50.2. The maximum Gasteiger partial charge on any atom is 0.146 e. The molecule has 29 aromatic rings. The van der Waals surface area contributed by atoms with E-state index < -0.39 is 0 Å². The van der Waals surface area contributed by atoms with Crippen molar-refractivity contribution < 1.29 is 0 Å². The van der Waals surface area contributed by atoms with Crippen molar-refractivity contribution in [2.24, 2.45) is 0 Å². The van der Waals surface area contributed by atoms with Crippen LogP contribution in [0, 0.1) is 0 Å². The van der Waals surface area contributed by atoms with E-state index in [9.17, 15) is 0 Å². The van der Waals surface area contributed by atoms with Crippen molar-refractivity contribution in [3.05, 3.63) is 553 Å². The highest BCUT2D eigenvalue weighted by Gasteiger charge is 2.25.